The Morgan fingerprint density at radius 3 is 2.33 bits per heavy atom. The highest BCUT2D eigenvalue weighted by Crippen LogP contribution is 2.39. The van der Waals surface area contributed by atoms with E-state index in [4.69, 9.17) is 14.2 Å². The molecule has 1 aliphatic heterocycles. The van der Waals surface area contributed by atoms with Crippen molar-refractivity contribution >= 4 is 5.91 Å². The van der Waals surface area contributed by atoms with E-state index in [1.807, 2.05) is 38.1 Å². The Balaban J connectivity index is 1.73. The van der Waals surface area contributed by atoms with Gasteiger partial charge in [0.15, 0.2) is 11.5 Å². The molecular weight excluding hydrogens is 421 g/mol. The van der Waals surface area contributed by atoms with Crippen molar-refractivity contribution in [2.75, 3.05) is 27.4 Å². The maximum atomic E-state index is 14.5. The van der Waals surface area contributed by atoms with Crippen molar-refractivity contribution in [3.8, 4) is 17.2 Å². The number of hydrogen-bond acceptors (Lipinski definition) is 4. The third-order valence-corrected chi connectivity index (χ3v) is 5.97. The van der Waals surface area contributed by atoms with Crippen molar-refractivity contribution in [1.82, 2.24) is 4.90 Å². The monoisotopic (exact) mass is 449 g/mol. The summed E-state index contributed by atoms with van der Waals surface area (Å²) in [7, 11) is 3.18. The predicted molar refractivity (Wildman–Crippen MR) is 125 cm³/mol. The molecule has 0 unspecified atom stereocenters. The van der Waals surface area contributed by atoms with Crippen molar-refractivity contribution < 1.29 is 23.4 Å². The summed E-state index contributed by atoms with van der Waals surface area (Å²) in [4.78, 5) is 15.1. The van der Waals surface area contributed by atoms with Crippen LogP contribution in [0.4, 0.5) is 4.39 Å². The number of halogens is 1. The summed E-state index contributed by atoms with van der Waals surface area (Å²) < 4.78 is 31.6. The van der Waals surface area contributed by atoms with Crippen LogP contribution in [0.5, 0.6) is 17.2 Å². The van der Waals surface area contributed by atoms with Crippen LogP contribution in [0.15, 0.2) is 54.6 Å². The zero-order chi connectivity index (χ0) is 23.5. The fraction of sp³-hybridized carbons (Fsp3) is 0.296. The van der Waals surface area contributed by atoms with Gasteiger partial charge >= 0.3 is 0 Å². The van der Waals surface area contributed by atoms with Crippen LogP contribution in [-0.4, -0.2) is 38.2 Å². The van der Waals surface area contributed by atoms with E-state index in [1.54, 1.807) is 31.3 Å². The normalized spacial score (nSPS) is 15.1. The quantitative estimate of drug-likeness (QED) is 0.514. The standard InChI is InChI=1S/C27H28FNO4/c1-17-11-18(2)13-20(12-17)33-16-24-22-15-26(32-4)25(31-3)14-19(22)9-10-29(24)27(30)21-7-5-6-8-23(21)28/h5-8,11-15,24H,9-10,16H2,1-4H3/t24-/m1/s1. The van der Waals surface area contributed by atoms with Crippen LogP contribution in [0.1, 0.15) is 38.7 Å². The molecule has 0 fully saturated rings. The van der Waals surface area contributed by atoms with Gasteiger partial charge in [-0.3, -0.25) is 4.79 Å². The summed E-state index contributed by atoms with van der Waals surface area (Å²) in [5.41, 5.74) is 4.21. The molecule has 0 bridgehead atoms. The van der Waals surface area contributed by atoms with E-state index in [0.29, 0.717) is 24.5 Å². The first-order chi connectivity index (χ1) is 15.9. The zero-order valence-electron chi connectivity index (χ0n) is 19.4. The number of carbonyl (C=O) groups excluding carboxylic acids is 1. The molecule has 1 heterocycles. The van der Waals surface area contributed by atoms with Gasteiger partial charge in [-0.2, -0.15) is 0 Å². The second-order valence-corrected chi connectivity index (χ2v) is 8.28. The Morgan fingerprint density at radius 1 is 1.00 bits per heavy atom. The Kier molecular flexibility index (Phi) is 6.54. The highest BCUT2D eigenvalue weighted by molar-refractivity contribution is 5.95. The highest BCUT2D eigenvalue weighted by atomic mass is 19.1. The van der Waals surface area contributed by atoms with Crippen LogP contribution in [0.25, 0.3) is 0 Å². The van der Waals surface area contributed by atoms with Gasteiger partial charge < -0.3 is 19.1 Å². The molecule has 0 aliphatic carbocycles. The van der Waals surface area contributed by atoms with Crippen LogP contribution >= 0.6 is 0 Å². The minimum atomic E-state index is -0.533. The van der Waals surface area contributed by atoms with Gasteiger partial charge in [-0.25, -0.2) is 4.39 Å². The molecule has 5 nitrogen and oxygen atoms in total. The van der Waals surface area contributed by atoms with Gasteiger partial charge in [-0.1, -0.05) is 18.2 Å². The molecule has 3 aromatic carbocycles. The molecule has 172 valence electrons. The molecule has 1 aliphatic rings. The lowest BCUT2D eigenvalue weighted by Gasteiger charge is -2.37. The summed E-state index contributed by atoms with van der Waals surface area (Å²) >= 11 is 0. The Morgan fingerprint density at radius 2 is 1.67 bits per heavy atom. The molecule has 3 aromatic rings. The zero-order valence-corrected chi connectivity index (χ0v) is 19.4. The van der Waals surface area contributed by atoms with Crippen LogP contribution in [-0.2, 0) is 6.42 Å². The first-order valence-corrected chi connectivity index (χ1v) is 10.9. The largest absolute Gasteiger partial charge is 0.493 e. The van der Waals surface area contributed by atoms with Crippen molar-refractivity contribution in [2.45, 2.75) is 26.3 Å². The van der Waals surface area contributed by atoms with Crippen molar-refractivity contribution in [1.29, 1.82) is 0 Å². The molecule has 4 rings (SSSR count). The Hall–Kier alpha value is -3.54. The second-order valence-electron chi connectivity index (χ2n) is 8.28. The molecule has 1 amide bonds. The minimum Gasteiger partial charge on any atom is -0.493 e. The minimum absolute atomic E-state index is 0.0535. The average Bonchev–Trinajstić information content (AvgIpc) is 2.80. The summed E-state index contributed by atoms with van der Waals surface area (Å²) in [6, 6.07) is 15.5. The third-order valence-electron chi connectivity index (χ3n) is 5.97. The number of amides is 1. The average molecular weight is 450 g/mol. The molecule has 0 N–H and O–H groups in total. The van der Waals surface area contributed by atoms with Gasteiger partial charge in [0.1, 0.15) is 18.2 Å². The second kappa shape index (κ2) is 9.53. The van der Waals surface area contributed by atoms with Gasteiger partial charge in [0, 0.05) is 6.54 Å². The van der Waals surface area contributed by atoms with E-state index >= 15 is 0 Å². The van der Waals surface area contributed by atoms with Crippen LogP contribution in [0.3, 0.4) is 0 Å². The lowest BCUT2D eigenvalue weighted by atomic mass is 9.91. The SMILES string of the molecule is COc1cc2c(cc1OC)[C@@H](COc1cc(C)cc(C)c1)N(C(=O)c1ccccc1F)CC2. The van der Waals surface area contributed by atoms with E-state index in [1.165, 1.54) is 12.1 Å². The molecule has 0 saturated heterocycles. The van der Waals surface area contributed by atoms with Gasteiger partial charge in [0.05, 0.1) is 25.8 Å². The fourth-order valence-electron chi connectivity index (χ4n) is 4.43. The summed E-state index contributed by atoms with van der Waals surface area (Å²) in [6.07, 6.45) is 0.621. The number of benzene rings is 3. The van der Waals surface area contributed by atoms with Crippen molar-refractivity contribution in [3.05, 3.63) is 88.2 Å². The summed E-state index contributed by atoms with van der Waals surface area (Å²) in [5, 5.41) is 0. The fourth-order valence-corrected chi connectivity index (χ4v) is 4.43. The van der Waals surface area contributed by atoms with Crippen LogP contribution in [0, 0.1) is 19.7 Å². The van der Waals surface area contributed by atoms with E-state index in [0.717, 1.165) is 28.0 Å². The number of fused-ring (bicyclic) bond motifs is 1. The summed E-state index contributed by atoms with van der Waals surface area (Å²) in [6.45, 7) is 4.70. The molecule has 1 atom stereocenters. The van der Waals surface area contributed by atoms with E-state index in [2.05, 4.69) is 6.07 Å². The first kappa shape index (κ1) is 22.6. The number of methoxy groups -OCH3 is 2. The molecule has 0 aromatic heterocycles. The molecule has 0 saturated carbocycles. The van der Waals surface area contributed by atoms with Crippen LogP contribution in [0.2, 0.25) is 0 Å². The number of nitrogens with zero attached hydrogens (tertiary/aromatic N) is 1. The lowest BCUT2D eigenvalue weighted by Crippen LogP contribution is -2.43. The third kappa shape index (κ3) is 4.65. The van der Waals surface area contributed by atoms with E-state index in [9.17, 15) is 9.18 Å². The number of ether oxygens (including phenoxy) is 3. The van der Waals surface area contributed by atoms with Crippen molar-refractivity contribution in [3.63, 3.8) is 0 Å². The Bertz CT molecular complexity index is 1160. The molecule has 6 heteroatoms. The molecule has 0 radical (unpaired) electrons. The first-order valence-electron chi connectivity index (χ1n) is 10.9. The Labute approximate surface area is 193 Å². The maximum absolute atomic E-state index is 14.5. The van der Waals surface area contributed by atoms with E-state index < -0.39 is 11.9 Å². The lowest BCUT2D eigenvalue weighted by molar-refractivity contribution is 0.0584. The van der Waals surface area contributed by atoms with Crippen LogP contribution < -0.4 is 14.2 Å². The molecule has 33 heavy (non-hydrogen) atoms. The topological polar surface area (TPSA) is 48.0 Å². The van der Waals surface area contributed by atoms with E-state index in [-0.39, 0.29) is 18.1 Å². The van der Waals surface area contributed by atoms with Crippen molar-refractivity contribution in [2.24, 2.45) is 0 Å². The smallest absolute Gasteiger partial charge is 0.257 e. The molecular formula is C27H28FNO4. The van der Waals surface area contributed by atoms with Gasteiger partial charge in [-0.15, -0.1) is 0 Å². The number of hydrogen-bond donors (Lipinski definition) is 0. The number of rotatable bonds is 6. The predicted octanol–water partition coefficient (Wildman–Crippen LogP) is 5.28. The van der Waals surface area contributed by atoms with Gasteiger partial charge in [-0.05, 0) is 78.9 Å². The highest BCUT2D eigenvalue weighted by Gasteiger charge is 2.34. The number of aryl methyl sites for hydroxylation is 2. The summed E-state index contributed by atoms with van der Waals surface area (Å²) in [5.74, 6) is 1.06. The van der Waals surface area contributed by atoms with Gasteiger partial charge in [0.25, 0.3) is 5.91 Å². The maximum Gasteiger partial charge on any atom is 0.257 e. The number of carbonyl (C=O) groups is 1. The molecule has 0 spiro atoms. The van der Waals surface area contributed by atoms with Gasteiger partial charge in [0.2, 0.25) is 0 Å².